The highest BCUT2D eigenvalue weighted by atomic mass is 16.3. The molecule has 0 saturated carbocycles. The number of nitrogens with one attached hydrogen (secondary N) is 2. The molecule has 22 heavy (non-hydrogen) atoms. The van der Waals surface area contributed by atoms with Crippen LogP contribution in [0.1, 0.15) is 16.2 Å². The number of para-hydroxylation sites is 1. The third kappa shape index (κ3) is 2.71. The smallest absolute Gasteiger partial charge is 0.289 e. The molecule has 3 aromatic rings. The molecule has 0 fully saturated rings. The summed E-state index contributed by atoms with van der Waals surface area (Å²) in [6, 6.07) is 7.54. The summed E-state index contributed by atoms with van der Waals surface area (Å²) in [6.07, 6.45) is 3.76. The molecule has 1 aromatic carbocycles. The van der Waals surface area contributed by atoms with Crippen molar-refractivity contribution in [3.63, 3.8) is 0 Å². The minimum absolute atomic E-state index is 0.150. The number of amides is 1. The van der Waals surface area contributed by atoms with E-state index in [0.717, 1.165) is 16.5 Å². The summed E-state index contributed by atoms with van der Waals surface area (Å²) in [5, 5.41) is 17.3. The van der Waals surface area contributed by atoms with Crippen LogP contribution in [0.3, 0.4) is 0 Å². The number of aryl methyl sites for hydroxylation is 1. The molecule has 0 aliphatic carbocycles. The zero-order valence-corrected chi connectivity index (χ0v) is 12.2. The fourth-order valence-electron chi connectivity index (χ4n) is 2.48. The molecule has 1 atom stereocenters. The van der Waals surface area contributed by atoms with E-state index in [1.807, 2.05) is 30.5 Å². The Bertz CT molecular complexity index is 792. The molecule has 7 heteroatoms. The van der Waals surface area contributed by atoms with Crippen molar-refractivity contribution in [1.82, 2.24) is 25.1 Å². The molecule has 0 spiro atoms. The Balaban J connectivity index is 1.75. The average molecular weight is 299 g/mol. The molecule has 7 nitrogen and oxygen atoms in total. The van der Waals surface area contributed by atoms with Gasteiger partial charge in [-0.3, -0.25) is 4.79 Å². The lowest BCUT2D eigenvalue weighted by Gasteiger charge is -2.15. The molecule has 0 radical (unpaired) electrons. The van der Waals surface area contributed by atoms with Gasteiger partial charge in [0.15, 0.2) is 0 Å². The first-order chi connectivity index (χ1) is 10.7. The van der Waals surface area contributed by atoms with Crippen molar-refractivity contribution in [2.45, 2.75) is 12.5 Å². The van der Waals surface area contributed by atoms with Crippen LogP contribution < -0.4 is 5.32 Å². The van der Waals surface area contributed by atoms with Crippen LogP contribution >= 0.6 is 0 Å². The number of carbonyl (C=O) groups is 1. The van der Waals surface area contributed by atoms with E-state index in [1.165, 1.54) is 11.0 Å². The van der Waals surface area contributed by atoms with Gasteiger partial charge in [-0.1, -0.05) is 18.2 Å². The van der Waals surface area contributed by atoms with Gasteiger partial charge in [-0.2, -0.15) is 5.10 Å². The summed E-state index contributed by atoms with van der Waals surface area (Å²) in [5.74, 6) is -0.128. The summed E-state index contributed by atoms with van der Waals surface area (Å²) in [5.41, 5.74) is 2.08. The first-order valence-corrected chi connectivity index (χ1v) is 6.99. The Morgan fingerprint density at radius 2 is 2.27 bits per heavy atom. The summed E-state index contributed by atoms with van der Waals surface area (Å²) < 4.78 is 1.40. The Labute approximate surface area is 127 Å². The SMILES string of the molecule is Cn1ncnc1C(=O)NC(CO)Cc1c[nH]c2ccccc12. The lowest BCUT2D eigenvalue weighted by atomic mass is 10.1. The fraction of sp³-hybridized carbons (Fsp3) is 0.267. The number of aromatic amines is 1. The number of rotatable bonds is 5. The van der Waals surface area contributed by atoms with Crippen molar-refractivity contribution in [1.29, 1.82) is 0 Å². The molecule has 2 heterocycles. The van der Waals surface area contributed by atoms with Gasteiger partial charge < -0.3 is 15.4 Å². The number of hydrogen-bond acceptors (Lipinski definition) is 4. The molecule has 3 rings (SSSR count). The highest BCUT2D eigenvalue weighted by Crippen LogP contribution is 2.19. The molecule has 0 saturated heterocycles. The van der Waals surface area contributed by atoms with Gasteiger partial charge in [-0.15, -0.1) is 0 Å². The number of H-pyrrole nitrogens is 1. The van der Waals surface area contributed by atoms with Crippen LogP contribution in [0.5, 0.6) is 0 Å². The first kappa shape index (κ1) is 14.3. The van der Waals surface area contributed by atoms with Gasteiger partial charge >= 0.3 is 0 Å². The van der Waals surface area contributed by atoms with Gasteiger partial charge in [0.05, 0.1) is 12.6 Å². The van der Waals surface area contributed by atoms with Crippen LogP contribution in [0.4, 0.5) is 0 Å². The molecule has 1 amide bonds. The predicted molar refractivity (Wildman–Crippen MR) is 81.3 cm³/mol. The van der Waals surface area contributed by atoms with E-state index in [9.17, 15) is 9.90 Å². The number of carbonyl (C=O) groups excluding carboxylic acids is 1. The van der Waals surface area contributed by atoms with Crippen LogP contribution in [-0.4, -0.2) is 43.4 Å². The van der Waals surface area contributed by atoms with Gasteiger partial charge in [0.2, 0.25) is 5.82 Å². The largest absolute Gasteiger partial charge is 0.394 e. The standard InChI is InChI=1S/C15H17N5O2/c1-20-14(17-9-18-20)15(22)19-11(8-21)6-10-7-16-13-5-3-2-4-12(10)13/h2-5,7,9,11,16,21H,6,8H2,1H3,(H,19,22). The minimum Gasteiger partial charge on any atom is -0.394 e. The zero-order valence-electron chi connectivity index (χ0n) is 12.2. The molecule has 3 N–H and O–H groups in total. The number of aromatic nitrogens is 4. The number of nitrogens with zero attached hydrogens (tertiary/aromatic N) is 3. The molecule has 1 unspecified atom stereocenters. The summed E-state index contributed by atoms with van der Waals surface area (Å²) in [6.45, 7) is -0.150. The Morgan fingerprint density at radius 1 is 1.45 bits per heavy atom. The Morgan fingerprint density at radius 3 is 3.00 bits per heavy atom. The molecule has 0 bridgehead atoms. The van der Waals surface area contributed by atoms with Crippen LogP contribution in [0.2, 0.25) is 0 Å². The minimum atomic E-state index is -0.386. The zero-order chi connectivity index (χ0) is 15.5. The van der Waals surface area contributed by atoms with Crippen LogP contribution in [0.15, 0.2) is 36.8 Å². The van der Waals surface area contributed by atoms with Gasteiger partial charge in [0, 0.05) is 24.1 Å². The van der Waals surface area contributed by atoms with E-state index in [0.29, 0.717) is 6.42 Å². The van der Waals surface area contributed by atoms with Gasteiger partial charge in [-0.25, -0.2) is 9.67 Å². The summed E-state index contributed by atoms with van der Waals surface area (Å²) >= 11 is 0. The number of aliphatic hydroxyl groups excluding tert-OH is 1. The maximum atomic E-state index is 12.1. The number of hydrogen-bond donors (Lipinski definition) is 3. The lowest BCUT2D eigenvalue weighted by Crippen LogP contribution is -2.40. The lowest BCUT2D eigenvalue weighted by molar-refractivity contribution is 0.0901. The van der Waals surface area contributed by atoms with Gasteiger partial charge in [0.25, 0.3) is 5.91 Å². The molecule has 0 aliphatic heterocycles. The average Bonchev–Trinajstić information content (AvgIpc) is 3.13. The predicted octanol–water partition coefficient (Wildman–Crippen LogP) is 0.630. The first-order valence-electron chi connectivity index (χ1n) is 6.99. The van der Waals surface area contributed by atoms with Crippen molar-refractivity contribution in [3.8, 4) is 0 Å². The van der Waals surface area contributed by atoms with Gasteiger partial charge in [0.1, 0.15) is 6.33 Å². The molecule has 114 valence electrons. The molecular formula is C15H17N5O2. The van der Waals surface area contributed by atoms with Crippen molar-refractivity contribution in [2.24, 2.45) is 7.05 Å². The monoisotopic (exact) mass is 299 g/mol. The molecule has 0 aliphatic rings. The van der Waals surface area contributed by atoms with Crippen molar-refractivity contribution >= 4 is 16.8 Å². The maximum Gasteiger partial charge on any atom is 0.289 e. The second kappa shape index (κ2) is 5.98. The Kier molecular flexibility index (Phi) is 3.88. The normalized spacial score (nSPS) is 12.5. The number of fused-ring (bicyclic) bond motifs is 1. The third-order valence-electron chi connectivity index (χ3n) is 3.61. The highest BCUT2D eigenvalue weighted by molar-refractivity contribution is 5.91. The third-order valence-corrected chi connectivity index (χ3v) is 3.61. The fourth-order valence-corrected chi connectivity index (χ4v) is 2.48. The summed E-state index contributed by atoms with van der Waals surface area (Å²) in [4.78, 5) is 19.2. The summed E-state index contributed by atoms with van der Waals surface area (Å²) in [7, 11) is 1.65. The van der Waals surface area contributed by atoms with Crippen molar-refractivity contribution in [3.05, 3.63) is 48.2 Å². The Hall–Kier alpha value is -2.67. The van der Waals surface area contributed by atoms with E-state index in [4.69, 9.17) is 0 Å². The maximum absolute atomic E-state index is 12.1. The van der Waals surface area contributed by atoms with Gasteiger partial charge in [-0.05, 0) is 18.1 Å². The molecular weight excluding hydrogens is 282 g/mol. The van der Waals surface area contributed by atoms with E-state index in [1.54, 1.807) is 7.05 Å². The highest BCUT2D eigenvalue weighted by Gasteiger charge is 2.18. The van der Waals surface area contributed by atoms with Crippen LogP contribution in [0, 0.1) is 0 Å². The number of aliphatic hydroxyl groups is 1. The second-order valence-corrected chi connectivity index (χ2v) is 5.12. The van der Waals surface area contributed by atoms with E-state index < -0.39 is 0 Å². The topological polar surface area (TPSA) is 95.8 Å². The molecule has 2 aromatic heterocycles. The van der Waals surface area contributed by atoms with Crippen LogP contribution in [-0.2, 0) is 13.5 Å². The second-order valence-electron chi connectivity index (χ2n) is 5.12. The van der Waals surface area contributed by atoms with Crippen molar-refractivity contribution in [2.75, 3.05) is 6.61 Å². The van der Waals surface area contributed by atoms with Crippen LogP contribution in [0.25, 0.3) is 10.9 Å². The van der Waals surface area contributed by atoms with Crippen molar-refractivity contribution < 1.29 is 9.90 Å². The number of benzene rings is 1. The quantitative estimate of drug-likeness (QED) is 0.644. The van der Waals surface area contributed by atoms with E-state index in [-0.39, 0.29) is 24.4 Å². The van der Waals surface area contributed by atoms with E-state index in [2.05, 4.69) is 20.4 Å². The van der Waals surface area contributed by atoms with E-state index >= 15 is 0 Å².